The van der Waals surface area contributed by atoms with E-state index in [2.05, 4.69) is 101 Å². The molecule has 2 aromatic heterocycles. The molecule has 5 aromatic carbocycles. The summed E-state index contributed by atoms with van der Waals surface area (Å²) >= 11 is 0. The Hall–Kier alpha value is -5.81. The molecular weight excluding hydrogens is 611 g/mol. The van der Waals surface area contributed by atoms with Crippen LogP contribution in [0.3, 0.4) is 0 Å². The van der Waals surface area contributed by atoms with Crippen molar-refractivity contribution in [3.8, 4) is 67.8 Å². The Bertz CT molecular complexity index is 2180. The van der Waals surface area contributed by atoms with Crippen LogP contribution in [-0.2, 0) is 10.8 Å². The van der Waals surface area contributed by atoms with E-state index >= 15 is 0 Å². The molecule has 0 unspecified atom stereocenters. The average molecular weight is 652 g/mol. The summed E-state index contributed by atoms with van der Waals surface area (Å²) in [6.07, 6.45) is 1.64. The quantitative estimate of drug-likeness (QED) is 0.179. The third-order valence-electron chi connectivity index (χ3n) is 8.92. The van der Waals surface area contributed by atoms with Gasteiger partial charge in [-0.3, -0.25) is 0 Å². The lowest BCUT2D eigenvalue weighted by molar-refractivity contribution is 0.569. The summed E-state index contributed by atoms with van der Waals surface area (Å²) < 4.78 is 0. The fourth-order valence-corrected chi connectivity index (χ4v) is 5.95. The van der Waals surface area contributed by atoms with Crippen molar-refractivity contribution in [2.45, 2.75) is 52.4 Å². The molecule has 50 heavy (non-hydrogen) atoms. The molecule has 0 amide bonds. The van der Waals surface area contributed by atoms with E-state index in [1.165, 1.54) is 11.1 Å². The van der Waals surface area contributed by atoms with Crippen LogP contribution in [0.4, 0.5) is 0 Å². The number of benzene rings is 5. The predicted octanol–water partition coefficient (Wildman–Crippen LogP) is 11.3. The highest BCUT2D eigenvalue weighted by Crippen LogP contribution is 2.38. The second-order valence-corrected chi connectivity index (χ2v) is 14.8. The first-order valence-corrected chi connectivity index (χ1v) is 17.1. The number of nitrogens with zero attached hydrogens (tertiary/aromatic N) is 5. The van der Waals surface area contributed by atoms with Crippen LogP contribution >= 0.6 is 0 Å². The molecule has 0 radical (unpaired) electrons. The van der Waals surface area contributed by atoms with Gasteiger partial charge in [0, 0.05) is 27.8 Å². The van der Waals surface area contributed by atoms with Crippen molar-refractivity contribution >= 4 is 0 Å². The van der Waals surface area contributed by atoms with E-state index in [0.29, 0.717) is 17.5 Å². The number of aromatic nitrogens is 5. The molecule has 0 atom stereocenters. The second-order valence-electron chi connectivity index (χ2n) is 14.8. The summed E-state index contributed by atoms with van der Waals surface area (Å²) in [5.41, 5.74) is 11.2. The maximum Gasteiger partial charge on any atom is 0.164 e. The highest BCUT2D eigenvalue weighted by Gasteiger charge is 2.22. The summed E-state index contributed by atoms with van der Waals surface area (Å²) in [7, 11) is 0. The molecule has 7 rings (SSSR count). The Kier molecular flexibility index (Phi) is 8.67. The Balaban J connectivity index is 1.49. The van der Waals surface area contributed by atoms with Crippen LogP contribution in [0.15, 0.2) is 140 Å². The van der Waals surface area contributed by atoms with Crippen LogP contribution < -0.4 is 0 Å². The SMILES string of the molecule is CC(C)(C)c1cc(-c2cc(-c3cc(-c4ccccc4)ncn3)cc(-c3nc(-c4ccccc4)nc(-c4ccccc4)n3)c2)cc(C(C)(C)C)c1. The molecule has 246 valence electrons. The fraction of sp³-hybridized carbons (Fsp3) is 0.178. The lowest BCUT2D eigenvalue weighted by Crippen LogP contribution is -2.16. The molecule has 7 aromatic rings. The van der Waals surface area contributed by atoms with Crippen LogP contribution in [0.25, 0.3) is 67.8 Å². The maximum atomic E-state index is 5.09. The van der Waals surface area contributed by atoms with Crippen LogP contribution in [-0.4, -0.2) is 24.9 Å². The van der Waals surface area contributed by atoms with Gasteiger partial charge in [-0.1, -0.05) is 151 Å². The molecule has 0 saturated heterocycles. The highest BCUT2D eigenvalue weighted by atomic mass is 15.0. The van der Waals surface area contributed by atoms with Crippen molar-refractivity contribution in [3.63, 3.8) is 0 Å². The van der Waals surface area contributed by atoms with Crippen LogP contribution in [0.5, 0.6) is 0 Å². The van der Waals surface area contributed by atoms with Crippen molar-refractivity contribution in [1.82, 2.24) is 24.9 Å². The maximum absolute atomic E-state index is 5.09. The largest absolute Gasteiger partial charge is 0.236 e. The van der Waals surface area contributed by atoms with Crippen molar-refractivity contribution in [3.05, 3.63) is 151 Å². The molecule has 0 N–H and O–H groups in total. The Morgan fingerprint density at radius 1 is 0.340 bits per heavy atom. The molecule has 2 heterocycles. The number of rotatable bonds is 6. The van der Waals surface area contributed by atoms with Gasteiger partial charge >= 0.3 is 0 Å². The Morgan fingerprint density at radius 2 is 0.720 bits per heavy atom. The summed E-state index contributed by atoms with van der Waals surface area (Å²) in [6, 6.07) is 46.0. The van der Waals surface area contributed by atoms with Gasteiger partial charge in [0.1, 0.15) is 6.33 Å². The van der Waals surface area contributed by atoms with E-state index in [9.17, 15) is 0 Å². The van der Waals surface area contributed by atoms with E-state index < -0.39 is 0 Å². The van der Waals surface area contributed by atoms with E-state index in [0.717, 1.165) is 50.3 Å². The molecule has 0 fully saturated rings. The van der Waals surface area contributed by atoms with Gasteiger partial charge in [-0.05, 0) is 57.3 Å². The minimum Gasteiger partial charge on any atom is -0.236 e. The van der Waals surface area contributed by atoms with Gasteiger partial charge in [0.15, 0.2) is 17.5 Å². The minimum atomic E-state index is -0.0307. The van der Waals surface area contributed by atoms with Gasteiger partial charge in [-0.2, -0.15) is 0 Å². The zero-order chi connectivity index (χ0) is 34.9. The third kappa shape index (κ3) is 7.13. The number of hydrogen-bond donors (Lipinski definition) is 0. The van der Waals surface area contributed by atoms with E-state index in [4.69, 9.17) is 19.9 Å². The summed E-state index contributed by atoms with van der Waals surface area (Å²) in [6.45, 7) is 13.6. The average Bonchev–Trinajstić information content (AvgIpc) is 3.14. The fourth-order valence-electron chi connectivity index (χ4n) is 5.95. The van der Waals surface area contributed by atoms with Gasteiger partial charge in [-0.25, -0.2) is 24.9 Å². The van der Waals surface area contributed by atoms with Gasteiger partial charge in [0.2, 0.25) is 0 Å². The van der Waals surface area contributed by atoms with Crippen molar-refractivity contribution in [1.29, 1.82) is 0 Å². The minimum absolute atomic E-state index is 0.0307. The van der Waals surface area contributed by atoms with Gasteiger partial charge in [0.05, 0.1) is 11.4 Å². The molecule has 5 heteroatoms. The first kappa shape index (κ1) is 32.7. The highest BCUT2D eigenvalue weighted by molar-refractivity contribution is 5.81. The van der Waals surface area contributed by atoms with Gasteiger partial charge in [0.25, 0.3) is 0 Å². The van der Waals surface area contributed by atoms with Crippen LogP contribution in [0, 0.1) is 0 Å². The molecule has 0 aliphatic rings. The van der Waals surface area contributed by atoms with Crippen LogP contribution in [0.1, 0.15) is 52.7 Å². The standard InChI is InChI=1S/C45H41N5/c1-44(2,3)37-25-34(26-38(27-37)45(4,5)6)33-22-35(40-28-39(46-29-47-40)30-16-10-7-11-17-30)24-36(23-33)43-49-41(31-18-12-8-13-19-31)48-42(50-43)32-20-14-9-15-21-32/h7-29H,1-6H3. The van der Waals surface area contributed by atoms with Crippen LogP contribution in [0.2, 0.25) is 0 Å². The summed E-state index contributed by atoms with van der Waals surface area (Å²) in [5, 5.41) is 0. The lowest BCUT2D eigenvalue weighted by atomic mass is 9.78. The molecule has 0 aliphatic heterocycles. The third-order valence-corrected chi connectivity index (χ3v) is 8.92. The van der Waals surface area contributed by atoms with Gasteiger partial charge in [-0.15, -0.1) is 0 Å². The molecule has 0 saturated carbocycles. The van der Waals surface area contributed by atoms with E-state index in [-0.39, 0.29) is 10.8 Å². The smallest absolute Gasteiger partial charge is 0.164 e. The zero-order valence-corrected chi connectivity index (χ0v) is 29.5. The number of hydrogen-bond acceptors (Lipinski definition) is 5. The molecule has 0 aliphatic carbocycles. The zero-order valence-electron chi connectivity index (χ0n) is 29.5. The predicted molar refractivity (Wildman–Crippen MR) is 205 cm³/mol. The topological polar surface area (TPSA) is 64.5 Å². The van der Waals surface area contributed by atoms with Gasteiger partial charge < -0.3 is 0 Å². The summed E-state index contributed by atoms with van der Waals surface area (Å²) in [4.78, 5) is 24.5. The molecular formula is C45H41N5. The molecule has 5 nitrogen and oxygen atoms in total. The second kappa shape index (κ2) is 13.2. The first-order valence-electron chi connectivity index (χ1n) is 17.1. The molecule has 0 spiro atoms. The van der Waals surface area contributed by atoms with E-state index in [1.807, 2.05) is 78.9 Å². The van der Waals surface area contributed by atoms with Crippen molar-refractivity contribution in [2.75, 3.05) is 0 Å². The van der Waals surface area contributed by atoms with Crippen molar-refractivity contribution in [2.24, 2.45) is 0 Å². The normalized spacial score (nSPS) is 11.8. The van der Waals surface area contributed by atoms with E-state index in [1.54, 1.807) is 6.33 Å². The Labute approximate surface area is 295 Å². The lowest BCUT2D eigenvalue weighted by Gasteiger charge is -2.26. The first-order chi connectivity index (χ1) is 24.0. The monoisotopic (exact) mass is 651 g/mol. The molecule has 0 bridgehead atoms. The Morgan fingerprint density at radius 3 is 1.20 bits per heavy atom. The summed E-state index contributed by atoms with van der Waals surface area (Å²) in [5.74, 6) is 1.85. The van der Waals surface area contributed by atoms with Crippen molar-refractivity contribution < 1.29 is 0 Å².